The summed E-state index contributed by atoms with van der Waals surface area (Å²) in [5.74, 6) is 2.05. The molecule has 0 bridgehead atoms. The fraction of sp³-hybridized carbons (Fsp3) is 0.667. The van der Waals surface area contributed by atoms with Crippen LogP contribution in [-0.4, -0.2) is 37.8 Å². The van der Waals surface area contributed by atoms with Crippen molar-refractivity contribution < 1.29 is 9.90 Å². The van der Waals surface area contributed by atoms with Crippen LogP contribution in [0.25, 0.3) is 0 Å². The lowest BCUT2D eigenvalue weighted by Gasteiger charge is -2.27. The molecular formula is C15H22N2O2S2. The van der Waals surface area contributed by atoms with Gasteiger partial charge in [0.2, 0.25) is 0 Å². The number of carboxylic acids is 1. The van der Waals surface area contributed by atoms with Gasteiger partial charge in [-0.1, -0.05) is 13.8 Å². The first-order valence-electron chi connectivity index (χ1n) is 7.20. The third-order valence-electron chi connectivity index (χ3n) is 3.81. The summed E-state index contributed by atoms with van der Waals surface area (Å²) in [6.07, 6.45) is 0.495. The van der Waals surface area contributed by atoms with Gasteiger partial charge >= 0.3 is 5.97 Å². The van der Waals surface area contributed by atoms with Crippen molar-refractivity contribution in [2.24, 2.45) is 5.92 Å². The average molecular weight is 326 g/mol. The van der Waals surface area contributed by atoms with Gasteiger partial charge in [0.05, 0.1) is 11.2 Å². The normalized spacial score (nSPS) is 23.8. The minimum atomic E-state index is -0.772. The molecule has 0 aliphatic carbocycles. The Morgan fingerprint density at radius 2 is 1.86 bits per heavy atom. The summed E-state index contributed by atoms with van der Waals surface area (Å²) in [5.41, 5.74) is 2.83. The van der Waals surface area contributed by atoms with E-state index in [1.54, 1.807) is 6.92 Å². The lowest BCUT2D eigenvalue weighted by atomic mass is 9.99. The van der Waals surface area contributed by atoms with Crippen molar-refractivity contribution >= 4 is 29.5 Å². The van der Waals surface area contributed by atoms with Crippen LogP contribution in [0.3, 0.4) is 0 Å². The van der Waals surface area contributed by atoms with Gasteiger partial charge in [-0.2, -0.15) is 11.8 Å². The SMILES string of the molecule is Cc1nc(C2SCCSC2C)nc(C)c1CC(C)C(=O)O. The van der Waals surface area contributed by atoms with Crippen molar-refractivity contribution in [3.8, 4) is 0 Å². The van der Waals surface area contributed by atoms with Crippen LogP contribution >= 0.6 is 23.5 Å². The fourth-order valence-electron chi connectivity index (χ4n) is 2.50. The van der Waals surface area contributed by atoms with Gasteiger partial charge in [-0.05, 0) is 25.8 Å². The van der Waals surface area contributed by atoms with Gasteiger partial charge in [-0.15, -0.1) is 11.8 Å². The molecule has 0 radical (unpaired) electrons. The summed E-state index contributed by atoms with van der Waals surface area (Å²) < 4.78 is 0. The van der Waals surface area contributed by atoms with Gasteiger partial charge in [-0.3, -0.25) is 4.79 Å². The largest absolute Gasteiger partial charge is 0.481 e. The average Bonchev–Trinajstić information content (AvgIpc) is 2.42. The third kappa shape index (κ3) is 3.92. The molecule has 0 saturated carbocycles. The van der Waals surface area contributed by atoms with Crippen LogP contribution in [0.1, 0.15) is 41.9 Å². The molecule has 116 valence electrons. The highest BCUT2D eigenvalue weighted by Crippen LogP contribution is 2.41. The highest BCUT2D eigenvalue weighted by atomic mass is 32.2. The Labute approximate surface area is 134 Å². The van der Waals surface area contributed by atoms with Gasteiger partial charge in [0, 0.05) is 28.1 Å². The van der Waals surface area contributed by atoms with E-state index in [4.69, 9.17) is 5.11 Å². The maximum atomic E-state index is 11.0. The number of thioether (sulfide) groups is 2. The van der Waals surface area contributed by atoms with Crippen molar-refractivity contribution in [1.82, 2.24) is 9.97 Å². The molecule has 1 fully saturated rings. The molecule has 2 rings (SSSR count). The molecule has 1 aliphatic rings. The van der Waals surface area contributed by atoms with Gasteiger partial charge in [0.1, 0.15) is 5.82 Å². The van der Waals surface area contributed by atoms with E-state index in [2.05, 4.69) is 16.9 Å². The fourth-order valence-corrected chi connectivity index (χ4v) is 5.19. The molecule has 4 nitrogen and oxygen atoms in total. The molecule has 0 amide bonds. The van der Waals surface area contributed by atoms with Gasteiger partial charge in [0.15, 0.2) is 0 Å². The lowest BCUT2D eigenvalue weighted by Crippen LogP contribution is -2.20. The van der Waals surface area contributed by atoms with Crippen LogP contribution in [0.2, 0.25) is 0 Å². The Hall–Kier alpha value is -0.750. The third-order valence-corrected chi connectivity index (χ3v) is 6.90. The summed E-state index contributed by atoms with van der Waals surface area (Å²) in [7, 11) is 0. The van der Waals surface area contributed by atoms with Crippen molar-refractivity contribution in [3.63, 3.8) is 0 Å². The molecule has 1 N–H and O–H groups in total. The zero-order valence-corrected chi connectivity index (χ0v) is 14.6. The molecule has 1 aliphatic heterocycles. The molecule has 2 heterocycles. The van der Waals surface area contributed by atoms with Gasteiger partial charge in [0.25, 0.3) is 0 Å². The Balaban J connectivity index is 2.26. The first kappa shape index (κ1) is 16.6. The van der Waals surface area contributed by atoms with Crippen LogP contribution in [0.5, 0.6) is 0 Å². The summed E-state index contributed by atoms with van der Waals surface area (Å²) in [6.45, 7) is 7.89. The van der Waals surface area contributed by atoms with Crippen molar-refractivity contribution in [2.75, 3.05) is 11.5 Å². The van der Waals surface area contributed by atoms with Crippen molar-refractivity contribution in [2.45, 2.75) is 44.6 Å². The number of hydrogen-bond acceptors (Lipinski definition) is 5. The first-order chi connectivity index (χ1) is 9.90. The molecule has 1 aromatic rings. The number of rotatable bonds is 4. The van der Waals surface area contributed by atoms with E-state index in [1.807, 2.05) is 37.4 Å². The summed E-state index contributed by atoms with van der Waals surface area (Å²) in [4.78, 5) is 20.4. The van der Waals surface area contributed by atoms with Crippen LogP contribution in [-0.2, 0) is 11.2 Å². The van der Waals surface area contributed by atoms with Crippen LogP contribution in [0.4, 0.5) is 0 Å². The van der Waals surface area contributed by atoms with E-state index < -0.39 is 11.9 Å². The van der Waals surface area contributed by atoms with Crippen LogP contribution < -0.4 is 0 Å². The van der Waals surface area contributed by atoms with E-state index >= 15 is 0 Å². The van der Waals surface area contributed by atoms with Crippen LogP contribution in [0, 0.1) is 19.8 Å². The Kier molecular flexibility index (Phi) is 5.54. The van der Waals surface area contributed by atoms with Gasteiger partial charge in [-0.25, -0.2) is 9.97 Å². The maximum absolute atomic E-state index is 11.0. The second kappa shape index (κ2) is 7.01. The van der Waals surface area contributed by atoms with Crippen molar-refractivity contribution in [1.29, 1.82) is 0 Å². The van der Waals surface area contributed by atoms with Crippen molar-refractivity contribution in [3.05, 3.63) is 22.8 Å². The van der Waals surface area contributed by atoms with E-state index in [9.17, 15) is 4.79 Å². The second-order valence-electron chi connectivity index (χ2n) is 5.54. The second-order valence-corrected chi connectivity index (χ2v) is 8.28. The predicted octanol–water partition coefficient (Wildman–Crippen LogP) is 3.27. The molecular weight excluding hydrogens is 304 g/mol. The molecule has 0 spiro atoms. The smallest absolute Gasteiger partial charge is 0.306 e. The summed E-state index contributed by atoms with van der Waals surface area (Å²) in [6, 6.07) is 0. The Morgan fingerprint density at radius 3 is 2.38 bits per heavy atom. The summed E-state index contributed by atoms with van der Waals surface area (Å²) in [5, 5.41) is 9.93. The number of hydrogen-bond donors (Lipinski definition) is 1. The summed E-state index contributed by atoms with van der Waals surface area (Å²) >= 11 is 3.90. The van der Waals surface area contributed by atoms with E-state index in [0.29, 0.717) is 16.9 Å². The Morgan fingerprint density at radius 1 is 1.29 bits per heavy atom. The van der Waals surface area contributed by atoms with E-state index in [-0.39, 0.29) is 0 Å². The molecule has 1 aromatic heterocycles. The predicted molar refractivity (Wildman–Crippen MR) is 89.1 cm³/mol. The van der Waals surface area contributed by atoms with Crippen LogP contribution in [0.15, 0.2) is 0 Å². The quantitative estimate of drug-likeness (QED) is 0.916. The molecule has 0 aromatic carbocycles. The number of aryl methyl sites for hydroxylation is 2. The molecule has 3 unspecified atom stereocenters. The molecule has 21 heavy (non-hydrogen) atoms. The van der Waals surface area contributed by atoms with E-state index in [0.717, 1.165) is 28.5 Å². The molecule has 3 atom stereocenters. The monoisotopic (exact) mass is 326 g/mol. The number of carbonyl (C=O) groups is 1. The first-order valence-corrected chi connectivity index (χ1v) is 9.30. The number of aliphatic carboxylic acids is 1. The number of aromatic nitrogens is 2. The van der Waals surface area contributed by atoms with E-state index in [1.165, 1.54) is 5.75 Å². The minimum absolute atomic E-state index is 0.340. The van der Waals surface area contributed by atoms with Gasteiger partial charge < -0.3 is 5.11 Å². The topological polar surface area (TPSA) is 63.1 Å². The standard InChI is InChI=1S/C15H22N2O2S2/c1-8(15(18)19)7-12-9(2)16-14(17-10(12)3)13-11(4)20-5-6-21-13/h8,11,13H,5-7H2,1-4H3,(H,18,19). The molecule has 6 heteroatoms. The highest BCUT2D eigenvalue weighted by Gasteiger charge is 2.27. The zero-order valence-electron chi connectivity index (χ0n) is 12.9. The highest BCUT2D eigenvalue weighted by molar-refractivity contribution is 8.06. The minimum Gasteiger partial charge on any atom is -0.481 e. The lowest BCUT2D eigenvalue weighted by molar-refractivity contribution is -0.141. The maximum Gasteiger partial charge on any atom is 0.306 e. The number of carboxylic acid groups (broad SMARTS) is 1. The molecule has 1 saturated heterocycles. The zero-order chi connectivity index (χ0) is 15.6. The Bertz CT molecular complexity index is 513. The number of nitrogens with zero attached hydrogens (tertiary/aromatic N) is 2.